The second kappa shape index (κ2) is 6.69. The van der Waals surface area contributed by atoms with Crippen LogP contribution in [0.15, 0.2) is 42.5 Å². The average Bonchev–Trinajstić information content (AvgIpc) is 2.39. The van der Waals surface area contributed by atoms with Gasteiger partial charge in [0.2, 0.25) is 0 Å². The SMILES string of the molecule is CCCc1cccc(C(NN)c2cc(C)cc(C)c2)c1. The molecular formula is C18H24N2. The third-order valence-corrected chi connectivity index (χ3v) is 3.57. The van der Waals surface area contributed by atoms with E-state index in [0.717, 1.165) is 12.8 Å². The molecule has 0 aliphatic heterocycles. The highest BCUT2D eigenvalue weighted by Crippen LogP contribution is 2.24. The zero-order valence-corrected chi connectivity index (χ0v) is 12.6. The second-order valence-electron chi connectivity index (χ2n) is 5.52. The van der Waals surface area contributed by atoms with Crippen LogP contribution in [0.4, 0.5) is 0 Å². The molecule has 2 heteroatoms. The molecule has 0 saturated carbocycles. The number of nitrogens with one attached hydrogen (secondary N) is 1. The van der Waals surface area contributed by atoms with Crippen LogP contribution in [-0.4, -0.2) is 0 Å². The minimum atomic E-state index is 0.0467. The quantitative estimate of drug-likeness (QED) is 0.639. The van der Waals surface area contributed by atoms with E-state index in [1.807, 2.05) is 0 Å². The van der Waals surface area contributed by atoms with Gasteiger partial charge < -0.3 is 0 Å². The molecular weight excluding hydrogens is 244 g/mol. The van der Waals surface area contributed by atoms with Gasteiger partial charge in [0, 0.05) is 0 Å². The van der Waals surface area contributed by atoms with Gasteiger partial charge in [-0.25, -0.2) is 5.43 Å². The molecule has 0 aliphatic carbocycles. The monoisotopic (exact) mass is 268 g/mol. The Morgan fingerprint density at radius 2 is 1.70 bits per heavy atom. The van der Waals surface area contributed by atoms with Crippen molar-refractivity contribution in [3.8, 4) is 0 Å². The second-order valence-corrected chi connectivity index (χ2v) is 5.52. The van der Waals surface area contributed by atoms with Gasteiger partial charge in [-0.3, -0.25) is 5.84 Å². The minimum absolute atomic E-state index is 0.0467. The first-order valence-corrected chi connectivity index (χ1v) is 7.27. The molecule has 0 fully saturated rings. The maximum Gasteiger partial charge on any atom is 0.0710 e. The molecule has 2 aromatic rings. The van der Waals surface area contributed by atoms with E-state index >= 15 is 0 Å². The van der Waals surface area contributed by atoms with E-state index in [0.29, 0.717) is 0 Å². The lowest BCUT2D eigenvalue weighted by Crippen LogP contribution is -2.29. The molecule has 2 rings (SSSR count). The summed E-state index contributed by atoms with van der Waals surface area (Å²) in [6, 6.07) is 15.3. The van der Waals surface area contributed by atoms with E-state index in [2.05, 4.69) is 68.7 Å². The Balaban J connectivity index is 2.38. The van der Waals surface area contributed by atoms with E-state index in [1.54, 1.807) is 0 Å². The topological polar surface area (TPSA) is 38.0 Å². The zero-order valence-electron chi connectivity index (χ0n) is 12.6. The predicted octanol–water partition coefficient (Wildman–Crippen LogP) is 3.81. The van der Waals surface area contributed by atoms with Gasteiger partial charge in [-0.15, -0.1) is 0 Å². The number of hydrazine groups is 1. The van der Waals surface area contributed by atoms with Gasteiger partial charge in [0.25, 0.3) is 0 Å². The van der Waals surface area contributed by atoms with Crippen LogP contribution in [0, 0.1) is 13.8 Å². The summed E-state index contributed by atoms with van der Waals surface area (Å²) in [5, 5.41) is 0. The third kappa shape index (κ3) is 3.47. The molecule has 0 saturated heterocycles. The van der Waals surface area contributed by atoms with E-state index in [-0.39, 0.29) is 6.04 Å². The summed E-state index contributed by atoms with van der Waals surface area (Å²) in [5.74, 6) is 5.81. The highest BCUT2D eigenvalue weighted by atomic mass is 15.2. The number of benzene rings is 2. The summed E-state index contributed by atoms with van der Waals surface area (Å²) in [6.45, 7) is 6.45. The maximum atomic E-state index is 5.81. The fourth-order valence-corrected chi connectivity index (χ4v) is 2.78. The predicted molar refractivity (Wildman–Crippen MR) is 85.5 cm³/mol. The Morgan fingerprint density at radius 3 is 2.30 bits per heavy atom. The summed E-state index contributed by atoms with van der Waals surface area (Å²) < 4.78 is 0. The van der Waals surface area contributed by atoms with Crippen molar-refractivity contribution in [1.29, 1.82) is 0 Å². The van der Waals surface area contributed by atoms with E-state index in [9.17, 15) is 0 Å². The number of hydrogen-bond acceptors (Lipinski definition) is 2. The molecule has 3 N–H and O–H groups in total. The Morgan fingerprint density at radius 1 is 1.00 bits per heavy atom. The van der Waals surface area contributed by atoms with Gasteiger partial charge in [-0.2, -0.15) is 0 Å². The first-order valence-electron chi connectivity index (χ1n) is 7.27. The molecule has 1 unspecified atom stereocenters. The molecule has 0 bridgehead atoms. The van der Waals surface area contributed by atoms with Gasteiger partial charge in [0.1, 0.15) is 0 Å². The molecule has 2 nitrogen and oxygen atoms in total. The van der Waals surface area contributed by atoms with Crippen molar-refractivity contribution in [1.82, 2.24) is 5.43 Å². The van der Waals surface area contributed by atoms with Crippen LogP contribution < -0.4 is 11.3 Å². The number of nitrogens with two attached hydrogens (primary N) is 1. The van der Waals surface area contributed by atoms with Gasteiger partial charge in [-0.05, 0) is 37.0 Å². The molecule has 0 aromatic heterocycles. The number of rotatable bonds is 5. The number of aryl methyl sites for hydroxylation is 3. The van der Waals surface area contributed by atoms with Gasteiger partial charge in [-0.1, -0.05) is 66.9 Å². The molecule has 0 heterocycles. The van der Waals surface area contributed by atoms with Crippen molar-refractivity contribution in [2.45, 2.75) is 39.7 Å². The van der Waals surface area contributed by atoms with Gasteiger partial charge >= 0.3 is 0 Å². The lowest BCUT2D eigenvalue weighted by Gasteiger charge is -2.19. The van der Waals surface area contributed by atoms with Crippen LogP contribution in [0.1, 0.15) is 47.2 Å². The standard InChI is InChI=1S/C18H24N2/c1-4-6-15-7-5-8-16(12-15)18(20-19)17-10-13(2)9-14(3)11-17/h5,7-12,18,20H,4,6,19H2,1-3H3. The van der Waals surface area contributed by atoms with Crippen molar-refractivity contribution in [3.63, 3.8) is 0 Å². The van der Waals surface area contributed by atoms with E-state index in [1.165, 1.54) is 27.8 Å². The summed E-state index contributed by atoms with van der Waals surface area (Å²) in [4.78, 5) is 0. The molecule has 2 aromatic carbocycles. The van der Waals surface area contributed by atoms with Crippen molar-refractivity contribution in [3.05, 3.63) is 70.3 Å². The molecule has 0 spiro atoms. The van der Waals surface area contributed by atoms with Crippen LogP contribution in [0.5, 0.6) is 0 Å². The molecule has 0 radical (unpaired) electrons. The summed E-state index contributed by atoms with van der Waals surface area (Å²) in [6.07, 6.45) is 2.27. The van der Waals surface area contributed by atoms with Crippen LogP contribution in [-0.2, 0) is 6.42 Å². The van der Waals surface area contributed by atoms with Crippen LogP contribution in [0.25, 0.3) is 0 Å². The van der Waals surface area contributed by atoms with E-state index in [4.69, 9.17) is 5.84 Å². The average molecular weight is 268 g/mol. The Bertz CT molecular complexity index is 555. The van der Waals surface area contributed by atoms with E-state index < -0.39 is 0 Å². The fourth-order valence-electron chi connectivity index (χ4n) is 2.78. The Labute approximate surface area is 122 Å². The lowest BCUT2D eigenvalue weighted by molar-refractivity contribution is 0.635. The molecule has 0 aliphatic rings. The third-order valence-electron chi connectivity index (χ3n) is 3.57. The van der Waals surface area contributed by atoms with Crippen LogP contribution in [0.2, 0.25) is 0 Å². The van der Waals surface area contributed by atoms with Crippen LogP contribution >= 0.6 is 0 Å². The fraction of sp³-hybridized carbons (Fsp3) is 0.333. The highest BCUT2D eigenvalue weighted by Gasteiger charge is 2.13. The summed E-state index contributed by atoms with van der Waals surface area (Å²) in [5.41, 5.74) is 9.31. The van der Waals surface area contributed by atoms with Gasteiger partial charge in [0.05, 0.1) is 6.04 Å². The van der Waals surface area contributed by atoms with Crippen molar-refractivity contribution < 1.29 is 0 Å². The van der Waals surface area contributed by atoms with Crippen LogP contribution in [0.3, 0.4) is 0 Å². The Kier molecular flexibility index (Phi) is 4.94. The molecule has 20 heavy (non-hydrogen) atoms. The van der Waals surface area contributed by atoms with Crippen molar-refractivity contribution in [2.24, 2.45) is 5.84 Å². The molecule has 106 valence electrons. The zero-order chi connectivity index (χ0) is 14.5. The lowest BCUT2D eigenvalue weighted by atomic mass is 9.94. The highest BCUT2D eigenvalue weighted by molar-refractivity contribution is 5.38. The first-order chi connectivity index (χ1) is 9.63. The summed E-state index contributed by atoms with van der Waals surface area (Å²) >= 11 is 0. The normalized spacial score (nSPS) is 12.4. The van der Waals surface area contributed by atoms with Gasteiger partial charge in [0.15, 0.2) is 0 Å². The maximum absolute atomic E-state index is 5.81. The number of hydrogen-bond donors (Lipinski definition) is 2. The van der Waals surface area contributed by atoms with Crippen molar-refractivity contribution >= 4 is 0 Å². The summed E-state index contributed by atoms with van der Waals surface area (Å²) in [7, 11) is 0. The first kappa shape index (κ1) is 14.8. The molecule has 1 atom stereocenters. The molecule has 0 amide bonds. The largest absolute Gasteiger partial charge is 0.271 e. The van der Waals surface area contributed by atoms with Crippen molar-refractivity contribution in [2.75, 3.05) is 0 Å². The Hall–Kier alpha value is -1.64. The smallest absolute Gasteiger partial charge is 0.0710 e. The minimum Gasteiger partial charge on any atom is -0.271 e.